The summed E-state index contributed by atoms with van der Waals surface area (Å²) >= 11 is 0.891. The number of nitrogens with one attached hydrogen (secondary N) is 1. The molecular formula is C7H13NNaO4S. The maximum absolute atomic E-state index is 10.9. The van der Waals surface area contributed by atoms with E-state index in [0.29, 0.717) is 5.75 Å². The van der Waals surface area contributed by atoms with E-state index in [2.05, 4.69) is 21.3 Å². The molecule has 5 nitrogen and oxygen atoms in total. The van der Waals surface area contributed by atoms with Crippen LogP contribution >= 0.6 is 12.0 Å². The number of rotatable bonds is 6. The summed E-state index contributed by atoms with van der Waals surface area (Å²) in [4.78, 5) is 10.9. The van der Waals surface area contributed by atoms with Gasteiger partial charge in [-0.1, -0.05) is 11.6 Å². The van der Waals surface area contributed by atoms with Gasteiger partial charge in [-0.15, -0.1) is 4.33 Å². The summed E-state index contributed by atoms with van der Waals surface area (Å²) in [6.45, 7) is 6.94. The van der Waals surface area contributed by atoms with Crippen molar-refractivity contribution < 1.29 is 19.4 Å². The molecule has 0 rings (SSSR count). The molecule has 1 radical (unpaired) electrons. The summed E-state index contributed by atoms with van der Waals surface area (Å²) in [6, 6.07) is 0. The van der Waals surface area contributed by atoms with Crippen LogP contribution in [0.25, 0.3) is 0 Å². The van der Waals surface area contributed by atoms with Gasteiger partial charge in [0.15, 0.2) is 0 Å². The molecular weight excluding hydrogens is 217 g/mol. The zero-order chi connectivity index (χ0) is 10.3. The summed E-state index contributed by atoms with van der Waals surface area (Å²) in [6.07, 6.45) is 1.19. The Balaban J connectivity index is 0. The van der Waals surface area contributed by atoms with E-state index < -0.39 is 5.54 Å². The molecule has 1 amide bonds. The van der Waals surface area contributed by atoms with Crippen molar-refractivity contribution in [2.24, 2.45) is 0 Å². The Morgan fingerprint density at radius 1 is 1.71 bits per heavy atom. The number of amides is 1. The first-order valence-electron chi connectivity index (χ1n) is 3.56. The van der Waals surface area contributed by atoms with Crippen LogP contribution < -0.4 is 5.32 Å². The van der Waals surface area contributed by atoms with Gasteiger partial charge in [-0.2, -0.15) is 0 Å². The minimum atomic E-state index is -0.450. The molecule has 0 aromatic carbocycles. The van der Waals surface area contributed by atoms with Crippen molar-refractivity contribution in [2.45, 2.75) is 19.4 Å². The molecule has 0 aliphatic heterocycles. The first-order chi connectivity index (χ1) is 6.02. The van der Waals surface area contributed by atoms with Gasteiger partial charge in [-0.25, -0.2) is 5.26 Å². The molecule has 0 heterocycles. The normalized spacial score (nSPS) is 10.2. The van der Waals surface area contributed by atoms with Crippen molar-refractivity contribution in [2.75, 3.05) is 5.75 Å². The molecule has 14 heavy (non-hydrogen) atoms. The SMILES string of the molecule is C=CC(=O)NC(C)(C)CSOOO.[Na]. The third-order valence-electron chi connectivity index (χ3n) is 1.15. The van der Waals surface area contributed by atoms with Crippen LogP contribution in [-0.4, -0.2) is 52.0 Å². The zero-order valence-electron chi connectivity index (χ0n) is 8.57. The van der Waals surface area contributed by atoms with Crippen LogP contribution in [0, 0.1) is 0 Å². The number of carbonyl (C=O) groups excluding carboxylic acids is 1. The predicted molar refractivity (Wildman–Crippen MR) is 55.4 cm³/mol. The maximum Gasteiger partial charge on any atom is 0.243 e. The zero-order valence-corrected chi connectivity index (χ0v) is 11.4. The second-order valence-corrected chi connectivity index (χ2v) is 3.64. The van der Waals surface area contributed by atoms with E-state index in [-0.39, 0.29) is 35.5 Å². The molecule has 0 bridgehead atoms. The van der Waals surface area contributed by atoms with E-state index in [1.54, 1.807) is 0 Å². The second-order valence-electron chi connectivity index (χ2n) is 2.98. The molecule has 0 spiro atoms. The van der Waals surface area contributed by atoms with E-state index in [4.69, 9.17) is 5.26 Å². The number of hydrogen-bond donors (Lipinski definition) is 2. The largest absolute Gasteiger partial charge is 0.347 e. The minimum Gasteiger partial charge on any atom is -0.347 e. The second kappa shape index (κ2) is 8.72. The van der Waals surface area contributed by atoms with Gasteiger partial charge in [-0.05, 0) is 19.9 Å². The van der Waals surface area contributed by atoms with Crippen molar-refractivity contribution in [3.8, 4) is 0 Å². The Bertz CT molecular complexity index is 189. The van der Waals surface area contributed by atoms with E-state index in [9.17, 15) is 4.79 Å². The van der Waals surface area contributed by atoms with Crippen LogP contribution in [-0.2, 0) is 14.2 Å². The smallest absolute Gasteiger partial charge is 0.243 e. The van der Waals surface area contributed by atoms with Crippen LogP contribution in [0.5, 0.6) is 0 Å². The minimum absolute atomic E-state index is 0. The van der Waals surface area contributed by atoms with Gasteiger partial charge >= 0.3 is 0 Å². The maximum atomic E-state index is 10.9. The molecule has 0 saturated carbocycles. The molecule has 0 aromatic heterocycles. The molecule has 0 atom stereocenters. The summed E-state index contributed by atoms with van der Waals surface area (Å²) in [5, 5.41) is 13.9. The average Bonchev–Trinajstić information content (AvgIpc) is 2.03. The molecule has 0 fully saturated rings. The third-order valence-corrected chi connectivity index (χ3v) is 2.14. The molecule has 0 aliphatic carbocycles. The van der Waals surface area contributed by atoms with Gasteiger partial charge < -0.3 is 5.32 Å². The molecule has 0 unspecified atom stereocenters. The van der Waals surface area contributed by atoms with E-state index in [0.717, 1.165) is 12.0 Å². The van der Waals surface area contributed by atoms with Crippen LogP contribution in [0.4, 0.5) is 0 Å². The third kappa shape index (κ3) is 9.01. The van der Waals surface area contributed by atoms with Crippen molar-refractivity contribution in [1.82, 2.24) is 5.32 Å². The van der Waals surface area contributed by atoms with Gasteiger partial charge in [0.05, 0.1) is 0 Å². The van der Waals surface area contributed by atoms with Crippen molar-refractivity contribution in [3.05, 3.63) is 12.7 Å². The van der Waals surface area contributed by atoms with Gasteiger partial charge in [-0.3, -0.25) is 4.79 Å². The Hall–Kier alpha value is 0.440. The Kier molecular flexibility index (Phi) is 10.5. The fourth-order valence-corrected chi connectivity index (χ4v) is 1.07. The Labute approximate surface area is 110 Å². The Morgan fingerprint density at radius 2 is 2.29 bits per heavy atom. The van der Waals surface area contributed by atoms with E-state index >= 15 is 0 Å². The van der Waals surface area contributed by atoms with Crippen molar-refractivity contribution >= 4 is 47.5 Å². The molecule has 0 aromatic rings. The molecule has 0 aliphatic rings. The monoisotopic (exact) mass is 230 g/mol. The molecule has 7 heteroatoms. The van der Waals surface area contributed by atoms with Gasteiger partial charge in [0.25, 0.3) is 0 Å². The Morgan fingerprint density at radius 3 is 2.71 bits per heavy atom. The summed E-state index contributed by atoms with van der Waals surface area (Å²) in [7, 11) is 0. The molecule has 77 valence electrons. The van der Waals surface area contributed by atoms with E-state index in [1.807, 2.05) is 13.8 Å². The molecule has 0 saturated heterocycles. The average molecular weight is 230 g/mol. The first-order valence-corrected chi connectivity index (χ1v) is 4.47. The number of carbonyl (C=O) groups is 1. The van der Waals surface area contributed by atoms with Crippen molar-refractivity contribution in [1.29, 1.82) is 0 Å². The topological polar surface area (TPSA) is 67.8 Å². The fourth-order valence-electron chi connectivity index (χ4n) is 0.614. The summed E-state index contributed by atoms with van der Waals surface area (Å²) < 4.78 is 4.18. The van der Waals surface area contributed by atoms with E-state index in [1.165, 1.54) is 6.08 Å². The van der Waals surface area contributed by atoms with Gasteiger partial charge in [0.1, 0.15) is 0 Å². The molecule has 2 N–H and O–H groups in total. The fraction of sp³-hybridized carbons (Fsp3) is 0.571. The van der Waals surface area contributed by atoms with Crippen LogP contribution in [0.3, 0.4) is 0 Å². The van der Waals surface area contributed by atoms with Crippen LogP contribution in [0.2, 0.25) is 0 Å². The van der Waals surface area contributed by atoms with Gasteiger partial charge in [0.2, 0.25) is 5.91 Å². The summed E-state index contributed by atoms with van der Waals surface area (Å²) in [5.41, 5.74) is -0.450. The van der Waals surface area contributed by atoms with Crippen LogP contribution in [0.1, 0.15) is 13.8 Å². The summed E-state index contributed by atoms with van der Waals surface area (Å²) in [5.74, 6) is 0.183. The first kappa shape index (κ1) is 16.9. The van der Waals surface area contributed by atoms with Gasteiger partial charge in [0, 0.05) is 52.9 Å². The standard InChI is InChI=1S/C7H13NO4S.Na/c1-4-6(9)8-7(2,3)5-13-12-11-10;/h4,10H,1,5H2,2-3H3,(H,8,9);. The van der Waals surface area contributed by atoms with Crippen LogP contribution in [0.15, 0.2) is 12.7 Å². The van der Waals surface area contributed by atoms with Crippen molar-refractivity contribution in [3.63, 3.8) is 0 Å². The quantitative estimate of drug-likeness (QED) is 0.176. The number of hydrogen-bond acceptors (Lipinski definition) is 5. The predicted octanol–water partition coefficient (Wildman–Crippen LogP) is 0.756.